The van der Waals surface area contributed by atoms with Gasteiger partial charge in [0.2, 0.25) is 5.91 Å². The van der Waals surface area contributed by atoms with Crippen molar-refractivity contribution in [3.05, 3.63) is 94.4 Å². The molecular weight excluding hydrogens is 540 g/mol. The summed E-state index contributed by atoms with van der Waals surface area (Å²) < 4.78 is 35.8. The fraction of sp³-hybridized carbons (Fsp3) is 0.179. The zero-order valence-corrected chi connectivity index (χ0v) is 22.5. The van der Waals surface area contributed by atoms with E-state index in [1.807, 2.05) is 24.3 Å². The number of methoxy groups -OCH3 is 1. The third-order valence-electron chi connectivity index (χ3n) is 6.37. The molecule has 2 heterocycles. The number of imide groups is 1. The van der Waals surface area contributed by atoms with Crippen molar-refractivity contribution in [2.75, 3.05) is 20.2 Å². The van der Waals surface area contributed by atoms with E-state index in [9.17, 15) is 22.8 Å². The lowest BCUT2D eigenvalue weighted by Crippen LogP contribution is -2.44. The van der Waals surface area contributed by atoms with Gasteiger partial charge >= 0.3 is 10.1 Å². The maximum atomic E-state index is 13.0. The molecule has 0 N–H and O–H groups in total. The van der Waals surface area contributed by atoms with E-state index >= 15 is 0 Å². The minimum Gasteiger partial charge on any atom is -0.493 e. The van der Waals surface area contributed by atoms with Gasteiger partial charge in [-0.05, 0) is 65.2 Å². The molecule has 0 aromatic heterocycles. The lowest BCUT2D eigenvalue weighted by atomic mass is 10.00. The summed E-state index contributed by atoms with van der Waals surface area (Å²) in [5.41, 5.74) is 2.74. The molecule has 11 heteroatoms. The van der Waals surface area contributed by atoms with E-state index in [2.05, 4.69) is 0 Å². The van der Waals surface area contributed by atoms with E-state index in [1.165, 1.54) is 43.0 Å². The number of hydrogen-bond donors (Lipinski definition) is 0. The molecule has 9 nitrogen and oxygen atoms in total. The Kier molecular flexibility index (Phi) is 7.45. The molecule has 3 aromatic carbocycles. The molecule has 2 aliphatic heterocycles. The zero-order chi connectivity index (χ0) is 27.6. The van der Waals surface area contributed by atoms with Gasteiger partial charge in [0.1, 0.15) is 11.4 Å². The normalized spacial score (nSPS) is 16.4. The van der Waals surface area contributed by atoms with Crippen LogP contribution in [0.2, 0.25) is 0 Å². The molecule has 0 bridgehead atoms. The molecule has 1 saturated heterocycles. The fourth-order valence-corrected chi connectivity index (χ4v) is 6.13. The Bertz CT molecular complexity index is 1590. The molecule has 5 rings (SSSR count). The largest absolute Gasteiger partial charge is 0.493 e. The Morgan fingerprint density at radius 1 is 0.974 bits per heavy atom. The van der Waals surface area contributed by atoms with Crippen molar-refractivity contribution < 1.29 is 31.7 Å². The van der Waals surface area contributed by atoms with E-state index in [-0.39, 0.29) is 33.8 Å². The molecule has 0 saturated carbocycles. The van der Waals surface area contributed by atoms with Gasteiger partial charge in [0.25, 0.3) is 11.1 Å². The molecule has 1 fully saturated rings. The smallest absolute Gasteiger partial charge is 0.339 e. The minimum absolute atomic E-state index is 0.00638. The van der Waals surface area contributed by atoms with E-state index < -0.39 is 21.3 Å². The van der Waals surface area contributed by atoms with Crippen molar-refractivity contribution in [2.24, 2.45) is 0 Å². The number of carbonyl (C=O) groups is 3. The van der Waals surface area contributed by atoms with Crippen LogP contribution >= 0.6 is 11.8 Å². The predicted octanol–water partition coefficient (Wildman–Crippen LogP) is 4.08. The number of hydrogen-bond acceptors (Lipinski definition) is 8. The van der Waals surface area contributed by atoms with Gasteiger partial charge in [0.15, 0.2) is 11.5 Å². The van der Waals surface area contributed by atoms with Crippen LogP contribution in [-0.4, -0.2) is 55.5 Å². The van der Waals surface area contributed by atoms with Gasteiger partial charge < -0.3 is 13.8 Å². The first-order valence-electron chi connectivity index (χ1n) is 12.0. The first-order chi connectivity index (χ1) is 18.7. The van der Waals surface area contributed by atoms with Crippen molar-refractivity contribution in [3.63, 3.8) is 0 Å². The van der Waals surface area contributed by atoms with Gasteiger partial charge in [-0.3, -0.25) is 19.3 Å². The number of carbonyl (C=O) groups excluding carboxylic acids is 3. The molecule has 0 radical (unpaired) electrons. The second-order valence-corrected chi connectivity index (χ2v) is 11.4. The maximum absolute atomic E-state index is 13.0. The fourth-order valence-electron chi connectivity index (χ4n) is 4.33. The summed E-state index contributed by atoms with van der Waals surface area (Å²) in [4.78, 5) is 41.3. The first-order valence-corrected chi connectivity index (χ1v) is 14.2. The van der Waals surface area contributed by atoms with Gasteiger partial charge in [-0.25, -0.2) is 0 Å². The van der Waals surface area contributed by atoms with Crippen LogP contribution in [0, 0.1) is 0 Å². The summed E-state index contributed by atoms with van der Waals surface area (Å²) >= 11 is 0.739. The highest BCUT2D eigenvalue weighted by atomic mass is 32.2. The summed E-state index contributed by atoms with van der Waals surface area (Å²) in [5.74, 6) is -0.763. The van der Waals surface area contributed by atoms with Crippen LogP contribution in [0.4, 0.5) is 4.79 Å². The summed E-state index contributed by atoms with van der Waals surface area (Å²) in [5, 5.41) is -0.530. The minimum atomic E-state index is -4.08. The van der Waals surface area contributed by atoms with Crippen LogP contribution < -0.4 is 8.92 Å². The van der Waals surface area contributed by atoms with Crippen molar-refractivity contribution in [3.8, 4) is 11.5 Å². The molecular formula is C28H24N2O7S2. The Morgan fingerprint density at radius 3 is 2.44 bits per heavy atom. The molecule has 0 spiro atoms. The van der Waals surface area contributed by atoms with E-state index in [0.717, 1.165) is 28.6 Å². The number of rotatable bonds is 7. The number of amides is 3. The molecule has 0 unspecified atom stereocenters. The number of fused-ring (bicyclic) bond motifs is 1. The molecule has 39 heavy (non-hydrogen) atoms. The lowest BCUT2D eigenvalue weighted by molar-refractivity contribution is -0.136. The van der Waals surface area contributed by atoms with E-state index in [4.69, 9.17) is 8.92 Å². The second-order valence-electron chi connectivity index (χ2n) is 8.86. The van der Waals surface area contributed by atoms with Gasteiger partial charge in [-0.2, -0.15) is 8.42 Å². The highest BCUT2D eigenvalue weighted by Crippen LogP contribution is 2.35. The van der Waals surface area contributed by atoms with Crippen LogP contribution in [-0.2, 0) is 32.7 Å². The third kappa shape index (κ3) is 5.69. The monoisotopic (exact) mass is 564 g/mol. The topological polar surface area (TPSA) is 110 Å². The molecule has 0 atom stereocenters. The molecule has 2 aliphatic rings. The van der Waals surface area contributed by atoms with E-state index in [0.29, 0.717) is 18.7 Å². The number of nitrogens with zero attached hydrogens (tertiary/aromatic N) is 2. The van der Waals surface area contributed by atoms with Gasteiger partial charge in [-0.15, -0.1) is 0 Å². The average Bonchev–Trinajstić information content (AvgIpc) is 3.21. The van der Waals surface area contributed by atoms with Crippen molar-refractivity contribution in [1.29, 1.82) is 0 Å². The molecule has 0 aliphatic carbocycles. The van der Waals surface area contributed by atoms with Crippen LogP contribution in [0.1, 0.15) is 16.7 Å². The summed E-state index contributed by atoms with van der Waals surface area (Å²) in [6, 6.07) is 20.0. The van der Waals surface area contributed by atoms with Crippen LogP contribution in [0.15, 0.2) is 82.6 Å². The summed E-state index contributed by atoms with van der Waals surface area (Å²) in [6.45, 7) is 0.628. The van der Waals surface area contributed by atoms with Crippen LogP contribution in [0.25, 0.3) is 6.08 Å². The first kappa shape index (κ1) is 26.5. The van der Waals surface area contributed by atoms with Crippen LogP contribution in [0.5, 0.6) is 11.5 Å². The van der Waals surface area contributed by atoms with Crippen molar-refractivity contribution in [2.45, 2.75) is 17.9 Å². The zero-order valence-electron chi connectivity index (χ0n) is 20.9. The Labute approximate surface area is 230 Å². The Hall–Kier alpha value is -4.09. The van der Waals surface area contributed by atoms with Crippen molar-refractivity contribution in [1.82, 2.24) is 9.80 Å². The van der Waals surface area contributed by atoms with Gasteiger partial charge in [0.05, 0.1) is 12.0 Å². The standard InChI is InChI=1S/C28H24N2O7S2/c1-36-24-15-19(11-12-23(24)37-39(34,35)22-9-3-2-4-10-22)16-25-27(32)30(28(33)38-25)18-26(31)29-14-13-20-7-5-6-8-21(20)17-29/h2-12,15-16H,13-14,17-18H2,1H3/b25-16-. The quantitative estimate of drug-likeness (QED) is 0.312. The summed E-state index contributed by atoms with van der Waals surface area (Å²) in [6.07, 6.45) is 2.21. The maximum Gasteiger partial charge on any atom is 0.339 e. The summed E-state index contributed by atoms with van der Waals surface area (Å²) in [7, 11) is -2.72. The SMILES string of the molecule is COc1cc(/C=C2\SC(=O)N(CC(=O)N3CCc4ccccc4C3)C2=O)ccc1OS(=O)(=O)c1ccccc1. The lowest BCUT2D eigenvalue weighted by Gasteiger charge is -2.29. The number of benzene rings is 3. The Morgan fingerprint density at radius 2 is 1.69 bits per heavy atom. The van der Waals surface area contributed by atoms with Gasteiger partial charge in [-0.1, -0.05) is 48.5 Å². The molecule has 3 amide bonds. The second kappa shape index (κ2) is 11.0. The van der Waals surface area contributed by atoms with E-state index in [1.54, 1.807) is 29.2 Å². The van der Waals surface area contributed by atoms with Crippen molar-refractivity contribution >= 4 is 45.0 Å². The average molecular weight is 565 g/mol. The third-order valence-corrected chi connectivity index (χ3v) is 8.52. The highest BCUT2D eigenvalue weighted by molar-refractivity contribution is 8.18. The molecule has 3 aromatic rings. The number of thioether (sulfide) groups is 1. The Balaban J connectivity index is 1.29. The van der Waals surface area contributed by atoms with Gasteiger partial charge in [0, 0.05) is 13.1 Å². The highest BCUT2D eigenvalue weighted by Gasteiger charge is 2.37. The molecule has 200 valence electrons. The predicted molar refractivity (Wildman–Crippen MR) is 145 cm³/mol. The number of ether oxygens (including phenoxy) is 1. The van der Waals surface area contributed by atoms with Crippen LogP contribution in [0.3, 0.4) is 0 Å².